The first kappa shape index (κ1) is 13.1. The molecule has 1 aromatic heterocycles. The number of aromatic amines is 1. The molecule has 5 heteroatoms. The van der Waals surface area contributed by atoms with Gasteiger partial charge in [-0.3, -0.25) is 5.10 Å². The number of morpholine rings is 1. The van der Waals surface area contributed by atoms with Gasteiger partial charge in [0.2, 0.25) is 0 Å². The number of aromatic nitrogens is 2. The Hall–Kier alpha value is -1.85. The summed E-state index contributed by atoms with van der Waals surface area (Å²) in [5, 5.41) is 10.2. The van der Waals surface area contributed by atoms with Gasteiger partial charge < -0.3 is 15.0 Å². The molecule has 0 atom stereocenters. The predicted octanol–water partition coefficient (Wildman–Crippen LogP) is 1.54. The van der Waals surface area contributed by atoms with Crippen molar-refractivity contribution in [3.05, 3.63) is 47.8 Å². The van der Waals surface area contributed by atoms with Gasteiger partial charge in [0.15, 0.2) is 0 Å². The summed E-state index contributed by atoms with van der Waals surface area (Å²) in [6.45, 7) is 5.33. The second kappa shape index (κ2) is 6.54. The van der Waals surface area contributed by atoms with E-state index >= 15 is 0 Å². The Labute approximate surface area is 118 Å². The van der Waals surface area contributed by atoms with Crippen molar-refractivity contribution in [2.24, 2.45) is 0 Å². The van der Waals surface area contributed by atoms with E-state index in [1.807, 2.05) is 12.4 Å². The van der Waals surface area contributed by atoms with Gasteiger partial charge in [-0.2, -0.15) is 5.10 Å². The summed E-state index contributed by atoms with van der Waals surface area (Å²) in [5.41, 5.74) is 3.76. The number of H-pyrrole nitrogens is 1. The molecule has 0 amide bonds. The molecule has 1 aliphatic rings. The van der Waals surface area contributed by atoms with E-state index in [1.165, 1.54) is 16.8 Å². The highest BCUT2D eigenvalue weighted by molar-refractivity contribution is 5.47. The van der Waals surface area contributed by atoms with E-state index in [2.05, 4.69) is 44.7 Å². The van der Waals surface area contributed by atoms with Crippen LogP contribution in [0.4, 0.5) is 5.69 Å². The van der Waals surface area contributed by atoms with Gasteiger partial charge in [-0.25, -0.2) is 0 Å². The average Bonchev–Trinajstić information content (AvgIpc) is 3.02. The summed E-state index contributed by atoms with van der Waals surface area (Å²) in [4.78, 5) is 2.37. The fraction of sp³-hybridized carbons (Fsp3) is 0.400. The Kier molecular flexibility index (Phi) is 4.30. The molecule has 0 unspecified atom stereocenters. The highest BCUT2D eigenvalue weighted by Gasteiger charge is 2.10. The molecule has 0 spiro atoms. The molecule has 2 N–H and O–H groups in total. The number of hydrogen-bond donors (Lipinski definition) is 2. The van der Waals surface area contributed by atoms with Crippen molar-refractivity contribution in [3.8, 4) is 0 Å². The third-order valence-corrected chi connectivity index (χ3v) is 3.53. The molecule has 0 radical (unpaired) electrons. The zero-order chi connectivity index (χ0) is 13.6. The number of rotatable bonds is 5. The van der Waals surface area contributed by atoms with E-state index in [0.717, 1.165) is 39.4 Å². The molecule has 0 saturated carbocycles. The molecule has 20 heavy (non-hydrogen) atoms. The number of ether oxygens (including phenoxy) is 1. The van der Waals surface area contributed by atoms with Crippen LogP contribution in [-0.2, 0) is 17.8 Å². The van der Waals surface area contributed by atoms with Crippen LogP contribution in [-0.4, -0.2) is 36.5 Å². The van der Waals surface area contributed by atoms with Gasteiger partial charge in [0.05, 0.1) is 19.4 Å². The predicted molar refractivity (Wildman–Crippen MR) is 78.6 cm³/mol. The number of nitrogens with zero attached hydrogens (tertiary/aromatic N) is 2. The second-order valence-corrected chi connectivity index (χ2v) is 4.98. The molecule has 1 saturated heterocycles. The highest BCUT2D eigenvalue weighted by Crippen LogP contribution is 2.16. The average molecular weight is 272 g/mol. The second-order valence-electron chi connectivity index (χ2n) is 4.98. The summed E-state index contributed by atoms with van der Waals surface area (Å²) < 4.78 is 5.37. The van der Waals surface area contributed by atoms with Crippen molar-refractivity contribution in [3.63, 3.8) is 0 Å². The van der Waals surface area contributed by atoms with Crippen LogP contribution >= 0.6 is 0 Å². The van der Waals surface area contributed by atoms with Crippen LogP contribution in [0.2, 0.25) is 0 Å². The molecule has 2 aromatic rings. The van der Waals surface area contributed by atoms with Crippen LogP contribution in [0.3, 0.4) is 0 Å². The summed E-state index contributed by atoms with van der Waals surface area (Å²) in [6.07, 6.45) is 3.75. The third kappa shape index (κ3) is 3.37. The van der Waals surface area contributed by atoms with Crippen molar-refractivity contribution in [2.45, 2.75) is 13.1 Å². The molecule has 1 aliphatic heterocycles. The molecule has 0 aliphatic carbocycles. The fourth-order valence-electron chi connectivity index (χ4n) is 2.37. The lowest BCUT2D eigenvalue weighted by atomic mass is 10.2. The summed E-state index contributed by atoms with van der Waals surface area (Å²) >= 11 is 0. The van der Waals surface area contributed by atoms with Crippen molar-refractivity contribution in [2.75, 3.05) is 31.2 Å². The van der Waals surface area contributed by atoms with Crippen LogP contribution in [0.5, 0.6) is 0 Å². The van der Waals surface area contributed by atoms with Gasteiger partial charge in [0.1, 0.15) is 0 Å². The van der Waals surface area contributed by atoms with Gasteiger partial charge in [0.25, 0.3) is 0 Å². The standard InChI is InChI=1S/C15H20N4O/c1-3-15(19-5-7-20-8-6-19)4-2-13(1)9-16-10-14-11-17-18-12-14/h1-4,11-12,16H,5-10H2,(H,17,18). The monoisotopic (exact) mass is 272 g/mol. The van der Waals surface area contributed by atoms with Gasteiger partial charge in [-0.1, -0.05) is 12.1 Å². The van der Waals surface area contributed by atoms with E-state index in [-0.39, 0.29) is 0 Å². The number of benzene rings is 1. The van der Waals surface area contributed by atoms with E-state index in [9.17, 15) is 0 Å². The van der Waals surface area contributed by atoms with Crippen LogP contribution in [0.25, 0.3) is 0 Å². The molecule has 2 heterocycles. The summed E-state index contributed by atoms with van der Waals surface area (Å²) in [5.74, 6) is 0. The molecule has 3 rings (SSSR count). The van der Waals surface area contributed by atoms with E-state index in [4.69, 9.17) is 4.74 Å². The normalized spacial score (nSPS) is 15.5. The van der Waals surface area contributed by atoms with E-state index < -0.39 is 0 Å². The van der Waals surface area contributed by atoms with Crippen LogP contribution < -0.4 is 10.2 Å². The molecule has 1 fully saturated rings. The van der Waals surface area contributed by atoms with Crippen molar-refractivity contribution in [1.82, 2.24) is 15.5 Å². The highest BCUT2D eigenvalue weighted by atomic mass is 16.5. The molecule has 0 bridgehead atoms. The minimum absolute atomic E-state index is 0.827. The summed E-state index contributed by atoms with van der Waals surface area (Å²) in [7, 11) is 0. The molecular formula is C15H20N4O. The first-order valence-electron chi connectivity index (χ1n) is 7.02. The van der Waals surface area contributed by atoms with Gasteiger partial charge in [-0.05, 0) is 17.7 Å². The van der Waals surface area contributed by atoms with Crippen molar-refractivity contribution < 1.29 is 4.74 Å². The maximum Gasteiger partial charge on any atom is 0.0642 e. The first-order chi connectivity index (χ1) is 9.92. The quantitative estimate of drug-likeness (QED) is 0.867. The molecule has 5 nitrogen and oxygen atoms in total. The Morgan fingerprint density at radius 2 is 1.85 bits per heavy atom. The smallest absolute Gasteiger partial charge is 0.0642 e. The van der Waals surface area contributed by atoms with Crippen molar-refractivity contribution >= 4 is 5.69 Å². The third-order valence-electron chi connectivity index (χ3n) is 3.53. The largest absolute Gasteiger partial charge is 0.378 e. The van der Waals surface area contributed by atoms with E-state index in [1.54, 1.807) is 0 Å². The van der Waals surface area contributed by atoms with Crippen LogP contribution in [0.15, 0.2) is 36.7 Å². The van der Waals surface area contributed by atoms with Gasteiger partial charge in [0, 0.05) is 43.6 Å². The molecular weight excluding hydrogens is 252 g/mol. The maximum absolute atomic E-state index is 5.37. The minimum Gasteiger partial charge on any atom is -0.378 e. The first-order valence-corrected chi connectivity index (χ1v) is 7.02. The Bertz CT molecular complexity index is 503. The maximum atomic E-state index is 5.37. The Balaban J connectivity index is 1.50. The topological polar surface area (TPSA) is 53.2 Å². The van der Waals surface area contributed by atoms with E-state index in [0.29, 0.717) is 0 Å². The minimum atomic E-state index is 0.827. The summed E-state index contributed by atoms with van der Waals surface area (Å²) in [6, 6.07) is 8.76. The Morgan fingerprint density at radius 3 is 2.55 bits per heavy atom. The zero-order valence-electron chi connectivity index (χ0n) is 11.5. The lowest BCUT2D eigenvalue weighted by Gasteiger charge is -2.28. The SMILES string of the molecule is c1cc(N2CCOCC2)ccc1CNCc1cn[nH]c1. The lowest BCUT2D eigenvalue weighted by molar-refractivity contribution is 0.122. The van der Waals surface area contributed by atoms with Gasteiger partial charge in [-0.15, -0.1) is 0 Å². The molecule has 106 valence electrons. The van der Waals surface area contributed by atoms with Gasteiger partial charge >= 0.3 is 0 Å². The number of hydrogen-bond acceptors (Lipinski definition) is 4. The number of anilines is 1. The molecule has 1 aromatic carbocycles. The van der Waals surface area contributed by atoms with Crippen LogP contribution in [0, 0.1) is 0 Å². The Morgan fingerprint density at radius 1 is 1.10 bits per heavy atom. The number of nitrogens with one attached hydrogen (secondary N) is 2. The lowest BCUT2D eigenvalue weighted by Crippen LogP contribution is -2.36. The zero-order valence-corrected chi connectivity index (χ0v) is 11.5. The van der Waals surface area contributed by atoms with Crippen LogP contribution in [0.1, 0.15) is 11.1 Å². The van der Waals surface area contributed by atoms with Crippen molar-refractivity contribution in [1.29, 1.82) is 0 Å². The fourth-order valence-corrected chi connectivity index (χ4v) is 2.37.